The average molecular weight is 257 g/mol. The summed E-state index contributed by atoms with van der Waals surface area (Å²) in [6, 6.07) is 0. The summed E-state index contributed by atoms with van der Waals surface area (Å²) in [5.74, 6) is 1.76. The fourth-order valence-corrected chi connectivity index (χ4v) is 4.01. The normalized spacial score (nSPS) is 26.8. The predicted octanol–water partition coefficient (Wildman–Crippen LogP) is 5.22. The summed E-state index contributed by atoms with van der Waals surface area (Å²) in [5, 5.41) is 0.350. The van der Waals surface area contributed by atoms with Gasteiger partial charge in [-0.15, -0.1) is 0 Å². The molecule has 0 aromatic heterocycles. The molecule has 17 heavy (non-hydrogen) atoms. The lowest BCUT2D eigenvalue weighted by atomic mass is 9.96. The largest absolute Gasteiger partial charge is 0.414 e. The molecule has 2 heteroatoms. The van der Waals surface area contributed by atoms with Crippen LogP contribution in [0, 0.1) is 11.8 Å². The molecule has 0 aromatic carbocycles. The maximum absolute atomic E-state index is 6.51. The van der Waals surface area contributed by atoms with Crippen molar-refractivity contribution in [1.82, 2.24) is 0 Å². The summed E-state index contributed by atoms with van der Waals surface area (Å²) in [4.78, 5) is 0. The highest BCUT2D eigenvalue weighted by Gasteiger charge is 2.40. The molecule has 0 saturated heterocycles. The zero-order chi connectivity index (χ0) is 13.3. The Kier molecular flexibility index (Phi) is 4.87. The van der Waals surface area contributed by atoms with Gasteiger partial charge < -0.3 is 4.43 Å². The van der Waals surface area contributed by atoms with Crippen molar-refractivity contribution in [1.29, 1.82) is 0 Å². The number of rotatable bonds is 4. The maximum atomic E-state index is 6.51. The first-order chi connectivity index (χ1) is 7.62. The lowest BCUT2D eigenvalue weighted by Gasteiger charge is -2.38. The molecule has 0 N–H and O–H groups in total. The van der Waals surface area contributed by atoms with Gasteiger partial charge in [-0.2, -0.15) is 0 Å². The van der Waals surface area contributed by atoms with Crippen molar-refractivity contribution in [2.24, 2.45) is 11.8 Å². The molecule has 1 fully saturated rings. The van der Waals surface area contributed by atoms with E-state index < -0.39 is 8.32 Å². The highest BCUT2D eigenvalue weighted by Crippen LogP contribution is 2.41. The number of hydrogen-bond donors (Lipinski definition) is 0. The third-order valence-corrected chi connectivity index (χ3v) is 9.10. The van der Waals surface area contributed by atoms with E-state index in [1.807, 2.05) is 0 Å². The van der Waals surface area contributed by atoms with Gasteiger partial charge in [0.2, 0.25) is 0 Å². The molecule has 0 heterocycles. The lowest BCUT2D eigenvalue weighted by Crippen LogP contribution is -2.43. The molecule has 102 valence electrons. The Morgan fingerprint density at radius 3 is 2.24 bits per heavy atom. The molecule has 1 saturated carbocycles. The van der Waals surface area contributed by atoms with Gasteiger partial charge in [0.15, 0.2) is 8.32 Å². The van der Waals surface area contributed by atoms with Crippen molar-refractivity contribution in [2.45, 2.75) is 84.5 Å². The van der Waals surface area contributed by atoms with Gasteiger partial charge in [0.25, 0.3) is 0 Å². The third kappa shape index (κ3) is 4.40. The molecule has 1 aliphatic carbocycles. The van der Waals surface area contributed by atoms with E-state index in [1.165, 1.54) is 25.7 Å². The van der Waals surface area contributed by atoms with E-state index in [-0.39, 0.29) is 0 Å². The van der Waals surface area contributed by atoms with Crippen molar-refractivity contribution < 1.29 is 4.43 Å². The topological polar surface area (TPSA) is 9.23 Å². The standard InChI is InChI=1S/C15H32OSi/c1-12(2)10-13-8-9-14(11-13)16-17(6,7)15(3,4)5/h12-14H,8-11H2,1-7H3/t13-,14+/m1/s1. The van der Waals surface area contributed by atoms with Gasteiger partial charge in [-0.05, 0) is 55.7 Å². The van der Waals surface area contributed by atoms with Gasteiger partial charge in [0.05, 0.1) is 0 Å². The highest BCUT2D eigenvalue weighted by molar-refractivity contribution is 6.74. The van der Waals surface area contributed by atoms with Gasteiger partial charge in [0, 0.05) is 6.10 Å². The molecule has 1 aliphatic rings. The SMILES string of the molecule is CC(C)C[C@H]1CC[C@H](O[Si](C)(C)C(C)(C)C)C1. The first kappa shape index (κ1) is 15.2. The molecule has 0 radical (unpaired) electrons. The van der Waals surface area contributed by atoms with E-state index in [0.717, 1.165) is 11.8 Å². The van der Waals surface area contributed by atoms with Crippen LogP contribution in [0.3, 0.4) is 0 Å². The summed E-state index contributed by atoms with van der Waals surface area (Å²) in [7, 11) is -1.54. The Balaban J connectivity index is 2.45. The number of hydrogen-bond acceptors (Lipinski definition) is 1. The van der Waals surface area contributed by atoms with Crippen LogP contribution in [0.2, 0.25) is 18.1 Å². The molecule has 1 rings (SSSR count). The van der Waals surface area contributed by atoms with Crippen molar-refractivity contribution in [2.75, 3.05) is 0 Å². The monoisotopic (exact) mass is 256 g/mol. The second kappa shape index (κ2) is 5.44. The fourth-order valence-electron chi connectivity index (χ4n) is 2.61. The first-order valence-corrected chi connectivity index (χ1v) is 10.2. The predicted molar refractivity (Wildman–Crippen MR) is 78.9 cm³/mol. The van der Waals surface area contributed by atoms with Crippen LogP contribution in [0.1, 0.15) is 60.3 Å². The van der Waals surface area contributed by atoms with Crippen molar-refractivity contribution >= 4 is 8.32 Å². The molecule has 0 unspecified atom stereocenters. The molecule has 0 amide bonds. The van der Waals surface area contributed by atoms with Crippen molar-refractivity contribution in [3.05, 3.63) is 0 Å². The first-order valence-electron chi connectivity index (χ1n) is 7.29. The Labute approximate surface area is 109 Å². The summed E-state index contributed by atoms with van der Waals surface area (Å²) in [5.41, 5.74) is 0. The minimum atomic E-state index is -1.54. The molecule has 0 aliphatic heterocycles. The van der Waals surface area contributed by atoms with E-state index in [0.29, 0.717) is 11.1 Å². The summed E-state index contributed by atoms with van der Waals surface area (Å²) in [6.45, 7) is 16.4. The van der Waals surface area contributed by atoms with E-state index in [2.05, 4.69) is 47.7 Å². The highest BCUT2D eigenvalue weighted by atomic mass is 28.4. The van der Waals surface area contributed by atoms with Crippen LogP contribution in [0.25, 0.3) is 0 Å². The zero-order valence-corrected chi connectivity index (χ0v) is 14.0. The van der Waals surface area contributed by atoms with E-state index in [1.54, 1.807) is 0 Å². The van der Waals surface area contributed by atoms with E-state index in [4.69, 9.17) is 4.43 Å². The average Bonchev–Trinajstić information content (AvgIpc) is 2.48. The van der Waals surface area contributed by atoms with Gasteiger partial charge in [-0.25, -0.2) is 0 Å². The lowest BCUT2D eigenvalue weighted by molar-refractivity contribution is 0.181. The van der Waals surface area contributed by atoms with Gasteiger partial charge >= 0.3 is 0 Å². The van der Waals surface area contributed by atoms with Gasteiger partial charge in [0.1, 0.15) is 0 Å². The quantitative estimate of drug-likeness (QED) is 0.626. The van der Waals surface area contributed by atoms with Crippen molar-refractivity contribution in [3.63, 3.8) is 0 Å². The van der Waals surface area contributed by atoms with Crippen LogP contribution in [-0.4, -0.2) is 14.4 Å². The van der Waals surface area contributed by atoms with Crippen LogP contribution < -0.4 is 0 Å². The van der Waals surface area contributed by atoms with Crippen molar-refractivity contribution in [3.8, 4) is 0 Å². The van der Waals surface area contributed by atoms with Crippen LogP contribution in [-0.2, 0) is 4.43 Å². The second-order valence-electron chi connectivity index (χ2n) is 7.81. The summed E-state index contributed by atoms with van der Waals surface area (Å²) >= 11 is 0. The molecule has 0 aromatic rings. The van der Waals surface area contributed by atoms with Crippen LogP contribution in [0.15, 0.2) is 0 Å². The van der Waals surface area contributed by atoms with Crippen LogP contribution >= 0.6 is 0 Å². The van der Waals surface area contributed by atoms with Crippen LogP contribution in [0.4, 0.5) is 0 Å². The Morgan fingerprint density at radius 2 is 1.76 bits per heavy atom. The Hall–Kier alpha value is 0.177. The molecule has 2 atom stereocenters. The Morgan fingerprint density at radius 1 is 1.18 bits per heavy atom. The minimum absolute atomic E-state index is 0.350. The van der Waals surface area contributed by atoms with Gasteiger partial charge in [-0.1, -0.05) is 34.6 Å². The minimum Gasteiger partial charge on any atom is -0.414 e. The summed E-state index contributed by atoms with van der Waals surface area (Å²) in [6.07, 6.45) is 5.93. The molecule has 0 bridgehead atoms. The second-order valence-corrected chi connectivity index (χ2v) is 12.6. The zero-order valence-electron chi connectivity index (χ0n) is 13.0. The Bertz CT molecular complexity index is 240. The van der Waals surface area contributed by atoms with E-state index in [9.17, 15) is 0 Å². The molecule has 1 nitrogen and oxygen atoms in total. The van der Waals surface area contributed by atoms with Gasteiger partial charge in [-0.3, -0.25) is 0 Å². The van der Waals surface area contributed by atoms with Crippen LogP contribution in [0.5, 0.6) is 0 Å². The smallest absolute Gasteiger partial charge is 0.192 e. The molecular formula is C15H32OSi. The molecule has 0 spiro atoms. The van der Waals surface area contributed by atoms with E-state index >= 15 is 0 Å². The fraction of sp³-hybridized carbons (Fsp3) is 1.00. The maximum Gasteiger partial charge on any atom is 0.192 e. The third-order valence-electron chi connectivity index (χ3n) is 4.57. The molecular weight excluding hydrogens is 224 g/mol. The summed E-state index contributed by atoms with van der Waals surface area (Å²) < 4.78 is 6.51.